The van der Waals surface area contributed by atoms with Crippen molar-refractivity contribution in [2.75, 3.05) is 19.6 Å². The number of likely N-dealkylation sites (tertiary alicyclic amines) is 1. The van der Waals surface area contributed by atoms with Crippen LogP contribution in [0.5, 0.6) is 0 Å². The second kappa shape index (κ2) is 11.9. The number of amides is 1. The molecule has 2 atom stereocenters. The summed E-state index contributed by atoms with van der Waals surface area (Å²) >= 11 is 1.68. The highest BCUT2D eigenvalue weighted by molar-refractivity contribution is 7.18. The van der Waals surface area contributed by atoms with Gasteiger partial charge in [-0.2, -0.15) is 0 Å². The van der Waals surface area contributed by atoms with Crippen LogP contribution < -0.4 is 5.32 Å². The Labute approximate surface area is 215 Å². The third-order valence-corrected chi connectivity index (χ3v) is 7.82. The first-order valence-corrected chi connectivity index (χ1v) is 13.6. The second-order valence-corrected chi connectivity index (χ2v) is 10.6. The van der Waals surface area contributed by atoms with Crippen LogP contribution in [0.3, 0.4) is 0 Å². The molecule has 1 aromatic carbocycles. The van der Waals surface area contributed by atoms with Gasteiger partial charge in [-0.3, -0.25) is 4.79 Å². The molecule has 1 fully saturated rings. The van der Waals surface area contributed by atoms with Crippen molar-refractivity contribution in [3.63, 3.8) is 0 Å². The van der Waals surface area contributed by atoms with Crippen molar-refractivity contribution in [3.05, 3.63) is 77.1 Å². The molecule has 36 heavy (non-hydrogen) atoms. The van der Waals surface area contributed by atoms with E-state index >= 15 is 0 Å². The molecule has 190 valence electrons. The van der Waals surface area contributed by atoms with E-state index in [1.807, 2.05) is 30.4 Å². The normalized spacial score (nSPS) is 19.6. The molecule has 0 spiro atoms. The molecule has 1 saturated heterocycles. The fourth-order valence-corrected chi connectivity index (χ4v) is 5.80. The minimum Gasteiger partial charge on any atom is -0.465 e. The molecule has 5 rings (SSSR count). The largest absolute Gasteiger partial charge is 0.465 e. The molecule has 0 bridgehead atoms. The zero-order chi connectivity index (χ0) is 24.7. The molecule has 1 amide bonds. The van der Waals surface area contributed by atoms with Crippen LogP contribution in [0.25, 0.3) is 10.2 Å². The van der Waals surface area contributed by atoms with E-state index in [1.54, 1.807) is 17.6 Å². The maximum atomic E-state index is 12.9. The Morgan fingerprint density at radius 3 is 2.89 bits per heavy atom. The summed E-state index contributed by atoms with van der Waals surface area (Å²) in [5.41, 5.74) is 2.04. The number of benzene rings is 1. The Balaban J connectivity index is 1.18. The third kappa shape index (κ3) is 6.24. The van der Waals surface area contributed by atoms with Crippen molar-refractivity contribution >= 4 is 27.5 Å². The number of aromatic nitrogens is 1. The van der Waals surface area contributed by atoms with E-state index < -0.39 is 12.1 Å². The van der Waals surface area contributed by atoms with E-state index in [0.717, 1.165) is 61.3 Å². The number of ether oxygens (including phenoxy) is 2. The topological polar surface area (TPSA) is 83.9 Å². The standard InChI is InChI=1S/C28H33N3O4S/c32-26(13-8-14-27-30-21-11-4-5-12-25(21)36-27)29-22(17-31-15-6-7-16-31)28(33)24-19-34-18-23(35-24)20-9-2-1-3-10-20/h1-2,4-5,9,11-12,18-19,22,28,33H,3,6-8,10,13-17H2,(H,29,32)/t22-,28-/m1/s1. The summed E-state index contributed by atoms with van der Waals surface area (Å²) < 4.78 is 12.7. The highest BCUT2D eigenvalue weighted by Gasteiger charge is 2.31. The third-order valence-electron chi connectivity index (χ3n) is 6.72. The molecule has 3 heterocycles. The number of aliphatic hydroxyl groups is 1. The number of aryl methyl sites for hydroxylation is 1. The summed E-state index contributed by atoms with van der Waals surface area (Å²) in [4.78, 5) is 19.9. The van der Waals surface area contributed by atoms with Gasteiger partial charge in [0.2, 0.25) is 5.91 Å². The van der Waals surface area contributed by atoms with Crippen LogP contribution in [0.1, 0.15) is 43.5 Å². The number of hydrogen-bond acceptors (Lipinski definition) is 7. The number of aliphatic hydroxyl groups excluding tert-OH is 1. The molecule has 0 saturated carbocycles. The van der Waals surface area contributed by atoms with Gasteiger partial charge in [-0.25, -0.2) is 4.98 Å². The number of fused-ring (bicyclic) bond motifs is 1. The molecule has 2 aromatic rings. The molecule has 1 aliphatic carbocycles. The number of hydrogen-bond donors (Lipinski definition) is 2. The maximum Gasteiger partial charge on any atom is 0.220 e. The van der Waals surface area contributed by atoms with Crippen LogP contribution in [0.2, 0.25) is 0 Å². The Morgan fingerprint density at radius 1 is 1.22 bits per heavy atom. The number of para-hydroxylation sites is 1. The summed E-state index contributed by atoms with van der Waals surface area (Å²) in [5.74, 6) is 0.854. The van der Waals surface area contributed by atoms with E-state index in [4.69, 9.17) is 9.47 Å². The number of rotatable bonds is 10. The number of nitrogens with zero attached hydrogens (tertiary/aromatic N) is 2. The summed E-state index contributed by atoms with van der Waals surface area (Å²) in [5, 5.41) is 15.4. The summed E-state index contributed by atoms with van der Waals surface area (Å²) in [6.07, 6.45) is 14.0. The molecule has 2 aliphatic heterocycles. The Bertz CT molecular complexity index is 1160. The van der Waals surface area contributed by atoms with Crippen molar-refractivity contribution in [2.45, 2.75) is 57.1 Å². The molecule has 2 N–H and O–H groups in total. The van der Waals surface area contributed by atoms with Crippen LogP contribution in [-0.4, -0.2) is 52.7 Å². The highest BCUT2D eigenvalue weighted by atomic mass is 32.1. The highest BCUT2D eigenvalue weighted by Crippen LogP contribution is 2.28. The molecular formula is C28H33N3O4S. The average molecular weight is 508 g/mol. The van der Waals surface area contributed by atoms with Crippen LogP contribution in [0.15, 0.2) is 72.1 Å². The van der Waals surface area contributed by atoms with Crippen LogP contribution >= 0.6 is 11.3 Å². The van der Waals surface area contributed by atoms with E-state index in [2.05, 4.69) is 27.3 Å². The van der Waals surface area contributed by atoms with E-state index in [0.29, 0.717) is 30.9 Å². The molecule has 0 radical (unpaired) electrons. The first-order chi connectivity index (χ1) is 17.7. The molecule has 1 aromatic heterocycles. The fraction of sp³-hybridized carbons (Fsp3) is 0.429. The Morgan fingerprint density at radius 2 is 2.08 bits per heavy atom. The summed E-state index contributed by atoms with van der Waals surface area (Å²) in [6.45, 7) is 2.50. The maximum absolute atomic E-state index is 12.9. The van der Waals surface area contributed by atoms with E-state index in [9.17, 15) is 9.90 Å². The smallest absolute Gasteiger partial charge is 0.220 e. The van der Waals surface area contributed by atoms with Crippen LogP contribution in [0, 0.1) is 0 Å². The average Bonchev–Trinajstić information content (AvgIpc) is 3.58. The van der Waals surface area contributed by atoms with Crippen LogP contribution in [-0.2, 0) is 20.7 Å². The number of carbonyl (C=O) groups is 1. The van der Waals surface area contributed by atoms with Gasteiger partial charge < -0.3 is 24.8 Å². The van der Waals surface area contributed by atoms with Gasteiger partial charge in [0.25, 0.3) is 0 Å². The predicted octanol–water partition coefficient (Wildman–Crippen LogP) is 4.57. The van der Waals surface area contributed by atoms with Gasteiger partial charge in [-0.15, -0.1) is 11.3 Å². The first-order valence-electron chi connectivity index (χ1n) is 12.8. The van der Waals surface area contributed by atoms with E-state index in [1.165, 1.54) is 11.0 Å². The predicted molar refractivity (Wildman–Crippen MR) is 141 cm³/mol. The Kier molecular flexibility index (Phi) is 8.15. The molecular weight excluding hydrogens is 474 g/mol. The summed E-state index contributed by atoms with van der Waals surface area (Å²) in [7, 11) is 0. The molecule has 0 unspecified atom stereocenters. The van der Waals surface area contributed by atoms with Crippen molar-refractivity contribution in [1.82, 2.24) is 15.2 Å². The minimum atomic E-state index is -1.01. The SMILES string of the molecule is O=C(CCCc1nc2ccccc2s1)N[C@H](CN1CCCC1)[C@@H](O)C1=COC=C(C2=CC=CCC2)O1. The minimum absolute atomic E-state index is 0.0763. The van der Waals surface area contributed by atoms with Crippen LogP contribution in [0.4, 0.5) is 0 Å². The Hall–Kier alpha value is -2.94. The lowest BCUT2D eigenvalue weighted by molar-refractivity contribution is -0.122. The first kappa shape index (κ1) is 24.7. The van der Waals surface area contributed by atoms with Gasteiger partial charge in [0.1, 0.15) is 18.6 Å². The van der Waals surface area contributed by atoms with Crippen molar-refractivity contribution in [1.29, 1.82) is 0 Å². The molecule has 3 aliphatic rings. The van der Waals surface area contributed by atoms with Gasteiger partial charge in [0, 0.05) is 13.0 Å². The second-order valence-electron chi connectivity index (χ2n) is 9.45. The van der Waals surface area contributed by atoms with Crippen molar-refractivity contribution < 1.29 is 19.4 Å². The lowest BCUT2D eigenvalue weighted by Crippen LogP contribution is -2.51. The zero-order valence-corrected chi connectivity index (χ0v) is 21.2. The number of thiazole rings is 1. The molecule has 7 nitrogen and oxygen atoms in total. The number of carbonyl (C=O) groups excluding carboxylic acids is 1. The fourth-order valence-electron chi connectivity index (χ4n) is 4.79. The van der Waals surface area contributed by atoms with E-state index in [-0.39, 0.29) is 5.91 Å². The van der Waals surface area contributed by atoms with Gasteiger partial charge in [-0.1, -0.05) is 30.4 Å². The summed E-state index contributed by atoms with van der Waals surface area (Å²) in [6, 6.07) is 7.60. The van der Waals surface area contributed by atoms with Gasteiger partial charge in [0.05, 0.1) is 21.3 Å². The van der Waals surface area contributed by atoms with Gasteiger partial charge in [0.15, 0.2) is 11.5 Å². The van der Waals surface area contributed by atoms with Gasteiger partial charge >= 0.3 is 0 Å². The molecule has 8 heteroatoms. The van der Waals surface area contributed by atoms with Crippen molar-refractivity contribution in [3.8, 4) is 0 Å². The van der Waals surface area contributed by atoms with Crippen molar-refractivity contribution in [2.24, 2.45) is 0 Å². The number of allylic oxidation sites excluding steroid dienone is 4. The lowest BCUT2D eigenvalue weighted by atomic mass is 10.0. The number of nitrogens with one attached hydrogen (secondary N) is 1. The lowest BCUT2D eigenvalue weighted by Gasteiger charge is -2.30. The zero-order valence-electron chi connectivity index (χ0n) is 20.4. The monoisotopic (exact) mass is 507 g/mol. The quantitative estimate of drug-likeness (QED) is 0.490. The van der Waals surface area contributed by atoms with Gasteiger partial charge in [-0.05, 0) is 69.3 Å².